The van der Waals surface area contributed by atoms with Gasteiger partial charge in [-0.15, -0.1) is 0 Å². The Kier molecular flexibility index (Phi) is 6.44. The number of rotatable bonds is 6. The minimum atomic E-state index is -0.830. The number of piperidine rings is 1. The van der Waals surface area contributed by atoms with Crippen molar-refractivity contribution in [2.24, 2.45) is 5.92 Å². The molecule has 0 spiro atoms. The third kappa shape index (κ3) is 5.93. The summed E-state index contributed by atoms with van der Waals surface area (Å²) in [4.78, 5) is 25.1. The third-order valence-electron chi connectivity index (χ3n) is 4.43. The largest absolute Gasteiger partial charge is 0.481 e. The van der Waals surface area contributed by atoms with Crippen LogP contribution in [0, 0.1) is 5.92 Å². The van der Waals surface area contributed by atoms with E-state index in [1.165, 1.54) is 0 Å². The van der Waals surface area contributed by atoms with Crippen LogP contribution in [0.5, 0.6) is 0 Å². The molecule has 126 valence electrons. The number of carboxylic acids is 1. The van der Waals surface area contributed by atoms with Crippen molar-refractivity contribution in [2.75, 3.05) is 13.1 Å². The molecule has 2 N–H and O–H groups in total. The lowest BCUT2D eigenvalue weighted by atomic mass is 9.99. The van der Waals surface area contributed by atoms with Gasteiger partial charge in [0.25, 0.3) is 0 Å². The van der Waals surface area contributed by atoms with Crippen molar-refractivity contribution >= 4 is 12.0 Å². The predicted molar refractivity (Wildman–Crippen MR) is 89.3 cm³/mol. The molecule has 1 aliphatic rings. The number of hydrogen-bond acceptors (Lipinski definition) is 2. The maximum absolute atomic E-state index is 12.4. The lowest BCUT2D eigenvalue weighted by molar-refractivity contribution is -0.137. The number of carboxylic acid groups (broad SMARTS) is 1. The molecule has 1 atom stereocenters. The fourth-order valence-electron chi connectivity index (χ4n) is 2.90. The van der Waals surface area contributed by atoms with E-state index in [0.29, 0.717) is 18.8 Å². The summed E-state index contributed by atoms with van der Waals surface area (Å²) in [6, 6.07) is 9.65. The van der Waals surface area contributed by atoms with Crippen molar-refractivity contribution in [3.8, 4) is 0 Å². The molecule has 23 heavy (non-hydrogen) atoms. The van der Waals surface area contributed by atoms with Crippen molar-refractivity contribution in [2.45, 2.75) is 45.1 Å². The maximum atomic E-state index is 12.4. The van der Waals surface area contributed by atoms with E-state index in [-0.39, 0.29) is 18.5 Å². The second-order valence-electron chi connectivity index (χ2n) is 6.44. The summed E-state index contributed by atoms with van der Waals surface area (Å²) in [6.07, 6.45) is 3.23. The second-order valence-corrected chi connectivity index (χ2v) is 6.44. The number of urea groups is 1. The zero-order chi connectivity index (χ0) is 16.7. The zero-order valence-corrected chi connectivity index (χ0v) is 13.7. The lowest BCUT2D eigenvalue weighted by Gasteiger charge is -2.32. The summed E-state index contributed by atoms with van der Waals surface area (Å²) in [5.41, 5.74) is 1.11. The highest BCUT2D eigenvalue weighted by molar-refractivity contribution is 5.74. The molecule has 1 aliphatic heterocycles. The van der Waals surface area contributed by atoms with E-state index >= 15 is 0 Å². The molecule has 1 unspecified atom stereocenters. The number of benzene rings is 1. The van der Waals surface area contributed by atoms with Gasteiger partial charge in [0.15, 0.2) is 0 Å². The minimum absolute atomic E-state index is 0.0643. The summed E-state index contributed by atoms with van der Waals surface area (Å²) in [7, 11) is 0. The quantitative estimate of drug-likeness (QED) is 0.847. The molecule has 1 aromatic carbocycles. The Morgan fingerprint density at radius 1 is 1.26 bits per heavy atom. The van der Waals surface area contributed by atoms with Crippen molar-refractivity contribution < 1.29 is 14.7 Å². The van der Waals surface area contributed by atoms with Crippen LogP contribution < -0.4 is 5.32 Å². The van der Waals surface area contributed by atoms with Crippen molar-refractivity contribution in [3.63, 3.8) is 0 Å². The Bertz CT molecular complexity index is 510. The molecule has 0 radical (unpaired) electrons. The molecule has 1 fully saturated rings. The Balaban J connectivity index is 1.93. The van der Waals surface area contributed by atoms with E-state index in [1.807, 2.05) is 35.2 Å². The van der Waals surface area contributed by atoms with Crippen LogP contribution in [0.4, 0.5) is 4.79 Å². The Morgan fingerprint density at radius 2 is 1.91 bits per heavy atom. The van der Waals surface area contributed by atoms with Gasteiger partial charge < -0.3 is 15.3 Å². The van der Waals surface area contributed by atoms with Crippen molar-refractivity contribution in [1.82, 2.24) is 10.2 Å². The molecule has 0 aromatic heterocycles. The number of amides is 2. The van der Waals surface area contributed by atoms with Crippen molar-refractivity contribution in [3.05, 3.63) is 35.9 Å². The Labute approximate surface area is 137 Å². The van der Waals surface area contributed by atoms with Gasteiger partial charge in [0.1, 0.15) is 0 Å². The van der Waals surface area contributed by atoms with E-state index in [9.17, 15) is 9.59 Å². The average molecular weight is 318 g/mol. The molecule has 1 heterocycles. The van der Waals surface area contributed by atoms with Gasteiger partial charge in [0, 0.05) is 25.6 Å². The summed E-state index contributed by atoms with van der Waals surface area (Å²) in [6.45, 7) is 3.77. The van der Waals surface area contributed by atoms with Crippen LogP contribution in [0.15, 0.2) is 30.3 Å². The average Bonchev–Trinajstić information content (AvgIpc) is 2.54. The number of aliphatic carboxylic acids is 1. The minimum Gasteiger partial charge on any atom is -0.481 e. The number of nitrogens with one attached hydrogen (secondary N) is 1. The van der Waals surface area contributed by atoms with E-state index in [1.54, 1.807) is 0 Å². The Morgan fingerprint density at radius 3 is 2.52 bits per heavy atom. The first-order chi connectivity index (χ1) is 11.0. The standard InChI is InChI=1S/C18H26N2O3/c1-14-9-11-20(12-10-14)18(23)19-16(7-8-17(21)22)13-15-5-3-2-4-6-15/h2-6,14,16H,7-13H2,1H3,(H,19,23)(H,21,22). The second kappa shape index (κ2) is 8.56. The monoisotopic (exact) mass is 318 g/mol. The number of hydrogen-bond donors (Lipinski definition) is 2. The molecule has 2 rings (SSSR count). The summed E-state index contributed by atoms with van der Waals surface area (Å²) in [5, 5.41) is 11.9. The van der Waals surface area contributed by atoms with Crippen LogP contribution in [-0.4, -0.2) is 41.1 Å². The van der Waals surface area contributed by atoms with Gasteiger partial charge in [-0.25, -0.2) is 4.79 Å². The fraction of sp³-hybridized carbons (Fsp3) is 0.556. The first kappa shape index (κ1) is 17.3. The zero-order valence-electron chi connectivity index (χ0n) is 13.7. The van der Waals surface area contributed by atoms with E-state index in [2.05, 4.69) is 12.2 Å². The smallest absolute Gasteiger partial charge is 0.317 e. The highest BCUT2D eigenvalue weighted by Crippen LogP contribution is 2.16. The lowest BCUT2D eigenvalue weighted by Crippen LogP contribution is -2.48. The maximum Gasteiger partial charge on any atom is 0.317 e. The molecule has 1 aromatic rings. The van der Waals surface area contributed by atoms with Gasteiger partial charge in [-0.1, -0.05) is 37.3 Å². The summed E-state index contributed by atoms with van der Waals surface area (Å²) >= 11 is 0. The van der Waals surface area contributed by atoms with Crippen LogP contribution >= 0.6 is 0 Å². The van der Waals surface area contributed by atoms with Crippen LogP contribution in [0.3, 0.4) is 0 Å². The van der Waals surface area contributed by atoms with Crippen LogP contribution in [-0.2, 0) is 11.2 Å². The Hall–Kier alpha value is -2.04. The highest BCUT2D eigenvalue weighted by atomic mass is 16.4. The fourth-order valence-corrected chi connectivity index (χ4v) is 2.90. The van der Waals surface area contributed by atoms with Gasteiger partial charge in [0.05, 0.1) is 0 Å². The molecule has 5 heteroatoms. The normalized spacial score (nSPS) is 16.8. The van der Waals surface area contributed by atoms with E-state index in [4.69, 9.17) is 5.11 Å². The van der Waals surface area contributed by atoms with Crippen molar-refractivity contribution in [1.29, 1.82) is 0 Å². The molecule has 5 nitrogen and oxygen atoms in total. The van der Waals surface area contributed by atoms with E-state index in [0.717, 1.165) is 31.5 Å². The highest BCUT2D eigenvalue weighted by Gasteiger charge is 2.22. The van der Waals surface area contributed by atoms with Crippen LogP contribution in [0.1, 0.15) is 38.2 Å². The first-order valence-corrected chi connectivity index (χ1v) is 8.35. The molecule has 0 bridgehead atoms. The molecular weight excluding hydrogens is 292 g/mol. The molecular formula is C18H26N2O3. The molecule has 0 saturated carbocycles. The van der Waals surface area contributed by atoms with Gasteiger partial charge >= 0.3 is 12.0 Å². The van der Waals surface area contributed by atoms with Gasteiger partial charge in [-0.3, -0.25) is 4.79 Å². The summed E-state index contributed by atoms with van der Waals surface area (Å²) < 4.78 is 0. The number of nitrogens with zero attached hydrogens (tertiary/aromatic N) is 1. The SMILES string of the molecule is CC1CCN(C(=O)NC(CCC(=O)O)Cc2ccccc2)CC1. The molecule has 2 amide bonds. The number of carbonyl (C=O) groups excluding carboxylic acids is 1. The topological polar surface area (TPSA) is 69.6 Å². The van der Waals surface area contributed by atoms with Crippen LogP contribution in [0.25, 0.3) is 0 Å². The number of likely N-dealkylation sites (tertiary alicyclic amines) is 1. The van der Waals surface area contributed by atoms with Gasteiger partial charge in [-0.05, 0) is 37.2 Å². The number of carbonyl (C=O) groups is 2. The van der Waals surface area contributed by atoms with Gasteiger partial charge in [0.2, 0.25) is 0 Å². The van der Waals surface area contributed by atoms with E-state index < -0.39 is 5.97 Å². The first-order valence-electron chi connectivity index (χ1n) is 8.35. The predicted octanol–water partition coefficient (Wildman–Crippen LogP) is 2.90. The molecule has 1 saturated heterocycles. The third-order valence-corrected chi connectivity index (χ3v) is 4.43. The molecule has 0 aliphatic carbocycles. The van der Waals surface area contributed by atoms with Crippen LogP contribution in [0.2, 0.25) is 0 Å². The summed E-state index contributed by atoms with van der Waals surface area (Å²) in [5.74, 6) is -0.157. The van der Waals surface area contributed by atoms with Gasteiger partial charge in [-0.2, -0.15) is 0 Å².